The maximum Gasteiger partial charge on any atom is 0.338 e. The lowest BCUT2D eigenvalue weighted by Crippen LogP contribution is -2.49. The summed E-state index contributed by atoms with van der Waals surface area (Å²) < 4.78 is 35.1. The number of nitrogens with zero attached hydrogens (tertiary/aromatic N) is 4. The number of piperazine rings is 1. The number of aromatic nitrogens is 2. The number of rotatable bonds is 8. The number of carbonyl (C=O) groups is 2. The van der Waals surface area contributed by atoms with Gasteiger partial charge in [0.2, 0.25) is 5.03 Å². The highest BCUT2D eigenvalue weighted by atomic mass is 32.2. The summed E-state index contributed by atoms with van der Waals surface area (Å²) in [5.41, 5.74) is 4.21. The standard InChI is InChI=1S/C27H33N5O5S/c1-5-31-18-23(25(33)28-22-12-10-21(11-13-22)27(34)37-6-2)26(29-31)38(35,36)32-16-14-30(15-17-32)24-9-7-8-19(3)20(24)4/h7-13,18H,5-6,14-17H2,1-4H3,(H,28,33). The molecule has 10 nitrogen and oxygen atoms in total. The molecule has 0 saturated carbocycles. The molecule has 202 valence electrons. The number of esters is 1. The second-order valence-electron chi connectivity index (χ2n) is 9.07. The predicted molar refractivity (Wildman–Crippen MR) is 145 cm³/mol. The van der Waals surface area contributed by atoms with E-state index in [1.807, 2.05) is 13.0 Å². The van der Waals surface area contributed by atoms with Gasteiger partial charge in [-0.1, -0.05) is 12.1 Å². The molecule has 11 heteroatoms. The number of aryl methyl sites for hydroxylation is 2. The number of sulfonamides is 1. The number of nitrogens with one attached hydrogen (secondary N) is 1. The first-order valence-corrected chi connectivity index (χ1v) is 14.1. The number of benzene rings is 2. The Kier molecular flexibility index (Phi) is 8.17. The van der Waals surface area contributed by atoms with Crippen LogP contribution < -0.4 is 10.2 Å². The van der Waals surface area contributed by atoms with Crippen LogP contribution in [0.4, 0.5) is 11.4 Å². The predicted octanol–water partition coefficient (Wildman–Crippen LogP) is 3.46. The number of anilines is 2. The third-order valence-corrected chi connectivity index (χ3v) is 8.53. The third-order valence-electron chi connectivity index (χ3n) is 6.69. The number of carbonyl (C=O) groups excluding carboxylic acids is 2. The van der Waals surface area contributed by atoms with Crippen LogP contribution >= 0.6 is 0 Å². The number of hydrogen-bond acceptors (Lipinski definition) is 7. The first-order chi connectivity index (χ1) is 18.1. The van der Waals surface area contributed by atoms with E-state index in [1.165, 1.54) is 38.4 Å². The first kappa shape index (κ1) is 27.3. The summed E-state index contributed by atoms with van der Waals surface area (Å²) in [6.07, 6.45) is 1.45. The van der Waals surface area contributed by atoms with Crippen LogP contribution in [0.3, 0.4) is 0 Å². The van der Waals surface area contributed by atoms with Crippen molar-refractivity contribution in [3.05, 3.63) is 70.9 Å². The molecule has 2 aromatic carbocycles. The Morgan fingerprint density at radius 3 is 2.32 bits per heavy atom. The molecular weight excluding hydrogens is 506 g/mol. The van der Waals surface area contributed by atoms with Gasteiger partial charge in [0.1, 0.15) is 0 Å². The molecule has 1 aromatic heterocycles. The monoisotopic (exact) mass is 539 g/mol. The fourth-order valence-corrected chi connectivity index (χ4v) is 5.90. The maximum atomic E-state index is 13.6. The largest absolute Gasteiger partial charge is 0.462 e. The average molecular weight is 540 g/mol. The van der Waals surface area contributed by atoms with E-state index < -0.39 is 21.9 Å². The van der Waals surface area contributed by atoms with Crippen molar-refractivity contribution in [1.82, 2.24) is 14.1 Å². The lowest BCUT2D eigenvalue weighted by Gasteiger charge is -2.36. The van der Waals surface area contributed by atoms with Crippen LogP contribution in [0.1, 0.15) is 45.7 Å². The molecule has 1 saturated heterocycles. The van der Waals surface area contributed by atoms with Crippen LogP contribution in [0.2, 0.25) is 0 Å². The Balaban J connectivity index is 1.51. The summed E-state index contributed by atoms with van der Waals surface area (Å²) in [5, 5.41) is 6.70. The van der Waals surface area contributed by atoms with Crippen molar-refractivity contribution in [2.24, 2.45) is 0 Å². The second-order valence-corrected chi connectivity index (χ2v) is 10.9. The van der Waals surface area contributed by atoms with E-state index in [-0.39, 0.29) is 30.3 Å². The minimum Gasteiger partial charge on any atom is -0.462 e. The number of hydrogen-bond donors (Lipinski definition) is 1. The van der Waals surface area contributed by atoms with Crippen LogP contribution in [0.25, 0.3) is 0 Å². The van der Waals surface area contributed by atoms with E-state index >= 15 is 0 Å². The Morgan fingerprint density at radius 2 is 1.68 bits per heavy atom. The van der Waals surface area contributed by atoms with Gasteiger partial charge in [0, 0.05) is 50.3 Å². The molecule has 1 fully saturated rings. The molecule has 2 heterocycles. The Morgan fingerprint density at radius 1 is 1.00 bits per heavy atom. The Bertz CT molecular complexity index is 1420. The van der Waals surface area contributed by atoms with Crippen LogP contribution in [0.15, 0.2) is 53.7 Å². The lowest BCUT2D eigenvalue weighted by molar-refractivity contribution is 0.0526. The quantitative estimate of drug-likeness (QED) is 0.436. The highest BCUT2D eigenvalue weighted by Crippen LogP contribution is 2.27. The average Bonchev–Trinajstić information content (AvgIpc) is 3.37. The van der Waals surface area contributed by atoms with E-state index in [0.29, 0.717) is 30.9 Å². The highest BCUT2D eigenvalue weighted by molar-refractivity contribution is 7.89. The molecule has 0 aliphatic carbocycles. The molecule has 4 rings (SSSR count). The normalized spacial score (nSPS) is 14.4. The molecule has 1 N–H and O–H groups in total. The summed E-state index contributed by atoms with van der Waals surface area (Å²) in [6, 6.07) is 12.3. The SMILES string of the molecule is CCOC(=O)c1ccc(NC(=O)c2cn(CC)nc2S(=O)(=O)N2CCN(c3cccc(C)c3C)CC2)cc1. The van der Waals surface area contributed by atoms with E-state index in [1.54, 1.807) is 19.1 Å². The van der Waals surface area contributed by atoms with Gasteiger partial charge in [-0.25, -0.2) is 13.2 Å². The molecule has 1 aliphatic rings. The Hall–Kier alpha value is -3.70. The topological polar surface area (TPSA) is 114 Å². The smallest absolute Gasteiger partial charge is 0.338 e. The third kappa shape index (κ3) is 5.58. The number of amides is 1. The van der Waals surface area contributed by atoms with Crippen LogP contribution in [0.5, 0.6) is 0 Å². The molecule has 1 amide bonds. The van der Waals surface area contributed by atoms with Crippen molar-refractivity contribution in [2.45, 2.75) is 39.3 Å². The van der Waals surface area contributed by atoms with Crippen molar-refractivity contribution < 1.29 is 22.7 Å². The second kappa shape index (κ2) is 11.4. The molecule has 0 unspecified atom stereocenters. The molecular formula is C27H33N5O5S. The molecule has 0 bridgehead atoms. The van der Waals surface area contributed by atoms with Crippen molar-refractivity contribution in [2.75, 3.05) is 43.0 Å². The van der Waals surface area contributed by atoms with E-state index in [9.17, 15) is 18.0 Å². The van der Waals surface area contributed by atoms with Gasteiger partial charge in [0.15, 0.2) is 0 Å². The lowest BCUT2D eigenvalue weighted by atomic mass is 10.1. The van der Waals surface area contributed by atoms with Gasteiger partial charge in [-0.15, -0.1) is 0 Å². The molecule has 3 aromatic rings. The molecule has 1 aliphatic heterocycles. The van der Waals surface area contributed by atoms with Crippen LogP contribution in [-0.4, -0.2) is 67.2 Å². The summed E-state index contributed by atoms with van der Waals surface area (Å²) in [4.78, 5) is 27.2. The van der Waals surface area contributed by atoms with E-state index in [0.717, 1.165) is 5.69 Å². The molecule has 0 spiro atoms. The zero-order valence-electron chi connectivity index (χ0n) is 22.1. The van der Waals surface area contributed by atoms with Gasteiger partial charge in [-0.05, 0) is 69.2 Å². The van der Waals surface area contributed by atoms with Crippen molar-refractivity contribution in [1.29, 1.82) is 0 Å². The van der Waals surface area contributed by atoms with Crippen molar-refractivity contribution in [3.8, 4) is 0 Å². The molecule has 0 radical (unpaired) electrons. The van der Waals surface area contributed by atoms with E-state index in [2.05, 4.69) is 41.3 Å². The maximum absolute atomic E-state index is 13.6. The van der Waals surface area contributed by atoms with Crippen molar-refractivity contribution >= 4 is 33.3 Å². The van der Waals surface area contributed by atoms with Gasteiger partial charge in [-0.3, -0.25) is 9.48 Å². The van der Waals surface area contributed by atoms with Crippen LogP contribution in [0, 0.1) is 13.8 Å². The van der Waals surface area contributed by atoms with Gasteiger partial charge in [0.05, 0.1) is 17.7 Å². The zero-order valence-corrected chi connectivity index (χ0v) is 22.9. The molecule has 38 heavy (non-hydrogen) atoms. The Labute approximate surface area is 223 Å². The summed E-state index contributed by atoms with van der Waals surface area (Å²) in [6.45, 7) is 9.98. The first-order valence-electron chi connectivity index (χ1n) is 12.6. The van der Waals surface area contributed by atoms with Crippen LogP contribution in [-0.2, 0) is 21.3 Å². The van der Waals surface area contributed by atoms with Gasteiger partial charge < -0.3 is 15.0 Å². The van der Waals surface area contributed by atoms with Gasteiger partial charge in [0.25, 0.3) is 15.9 Å². The van der Waals surface area contributed by atoms with Gasteiger partial charge >= 0.3 is 5.97 Å². The van der Waals surface area contributed by atoms with E-state index in [4.69, 9.17) is 4.74 Å². The summed E-state index contributed by atoms with van der Waals surface area (Å²) in [5.74, 6) is -1.05. The fraction of sp³-hybridized carbons (Fsp3) is 0.370. The minimum atomic E-state index is -4.01. The van der Waals surface area contributed by atoms with Gasteiger partial charge in [-0.2, -0.15) is 9.40 Å². The fourth-order valence-electron chi connectivity index (χ4n) is 4.38. The number of ether oxygens (including phenoxy) is 1. The molecule has 0 atom stereocenters. The summed E-state index contributed by atoms with van der Waals surface area (Å²) in [7, 11) is -4.01. The minimum absolute atomic E-state index is 0.0294. The summed E-state index contributed by atoms with van der Waals surface area (Å²) >= 11 is 0. The highest BCUT2D eigenvalue weighted by Gasteiger charge is 2.35. The van der Waals surface area contributed by atoms with Crippen molar-refractivity contribution in [3.63, 3.8) is 0 Å². The zero-order chi connectivity index (χ0) is 27.4.